The Morgan fingerprint density at radius 3 is 2.62 bits per heavy atom. The maximum absolute atomic E-state index is 13.3. The van der Waals surface area contributed by atoms with E-state index in [1.807, 2.05) is 11.0 Å². The SMILES string of the molecule is CCCc1cc2c(N3CCn4c(nnc4C(F)(F)F)C3)nc(N3CC(=O)C(NC(=O)OC(C)(C)C)C3)nc2s1. The quantitative estimate of drug-likeness (QED) is 0.495. The van der Waals surface area contributed by atoms with Gasteiger partial charge in [0.15, 0.2) is 11.6 Å². The van der Waals surface area contributed by atoms with E-state index in [-0.39, 0.29) is 44.3 Å². The fourth-order valence-corrected chi connectivity index (χ4v) is 5.78. The number of carbonyl (C=O) groups is 2. The molecular weight excluding hydrogens is 537 g/mol. The van der Waals surface area contributed by atoms with Gasteiger partial charge in [-0.3, -0.25) is 4.79 Å². The van der Waals surface area contributed by atoms with Gasteiger partial charge in [-0.1, -0.05) is 13.3 Å². The molecule has 0 bridgehead atoms. The normalized spacial score (nSPS) is 18.1. The second kappa shape index (κ2) is 9.92. The van der Waals surface area contributed by atoms with Crippen molar-refractivity contribution in [2.75, 3.05) is 29.4 Å². The molecule has 0 spiro atoms. The summed E-state index contributed by atoms with van der Waals surface area (Å²) >= 11 is 1.52. The van der Waals surface area contributed by atoms with Gasteiger partial charge < -0.3 is 24.4 Å². The van der Waals surface area contributed by atoms with E-state index in [0.717, 1.165) is 32.5 Å². The van der Waals surface area contributed by atoms with Crippen LogP contribution < -0.4 is 15.1 Å². The van der Waals surface area contributed by atoms with Gasteiger partial charge in [0.05, 0.1) is 18.5 Å². The number of aromatic nitrogens is 5. The average molecular weight is 567 g/mol. The molecule has 0 aromatic carbocycles. The van der Waals surface area contributed by atoms with Crippen molar-refractivity contribution >= 4 is 45.2 Å². The molecule has 1 fully saturated rings. The number of alkyl carbamates (subject to hydrolysis) is 1. The molecule has 1 atom stereocenters. The number of rotatable bonds is 5. The molecule has 1 amide bonds. The van der Waals surface area contributed by atoms with Crippen LogP contribution in [0.3, 0.4) is 0 Å². The first kappa shape index (κ1) is 27.1. The van der Waals surface area contributed by atoms with Gasteiger partial charge in [0.2, 0.25) is 11.8 Å². The van der Waals surface area contributed by atoms with Crippen LogP contribution >= 0.6 is 11.3 Å². The summed E-state index contributed by atoms with van der Waals surface area (Å²) in [6, 6.07) is 1.24. The van der Waals surface area contributed by atoms with Gasteiger partial charge >= 0.3 is 12.3 Å². The average Bonchev–Trinajstić information content (AvgIpc) is 3.53. The highest BCUT2D eigenvalue weighted by Gasteiger charge is 2.40. The summed E-state index contributed by atoms with van der Waals surface area (Å²) in [6.07, 6.45) is -3.48. The lowest BCUT2D eigenvalue weighted by Gasteiger charge is -2.30. The van der Waals surface area contributed by atoms with E-state index in [0.29, 0.717) is 11.8 Å². The molecule has 5 rings (SSSR count). The number of anilines is 2. The topological polar surface area (TPSA) is 118 Å². The summed E-state index contributed by atoms with van der Waals surface area (Å²) < 4.78 is 46.4. The van der Waals surface area contributed by atoms with Gasteiger partial charge in [0, 0.05) is 24.5 Å². The number of alkyl halides is 3. The Balaban J connectivity index is 1.44. The molecule has 1 unspecified atom stereocenters. The minimum atomic E-state index is -4.59. The number of ketones is 1. The number of amides is 1. The van der Waals surface area contributed by atoms with E-state index in [9.17, 15) is 22.8 Å². The predicted molar refractivity (Wildman–Crippen MR) is 138 cm³/mol. The lowest BCUT2D eigenvalue weighted by molar-refractivity contribution is -0.147. The van der Waals surface area contributed by atoms with Crippen molar-refractivity contribution in [1.82, 2.24) is 30.0 Å². The summed E-state index contributed by atoms with van der Waals surface area (Å²) in [4.78, 5) is 39.9. The number of thiophene rings is 1. The Bertz CT molecular complexity index is 1410. The number of fused-ring (bicyclic) bond motifs is 2. The van der Waals surface area contributed by atoms with Gasteiger partial charge in [0.25, 0.3) is 0 Å². The Labute approximate surface area is 226 Å². The molecule has 2 aliphatic heterocycles. The van der Waals surface area contributed by atoms with Gasteiger partial charge in [-0.25, -0.2) is 9.78 Å². The number of halogens is 3. The van der Waals surface area contributed by atoms with Crippen LogP contribution in [0.25, 0.3) is 10.2 Å². The molecule has 15 heteroatoms. The monoisotopic (exact) mass is 566 g/mol. The highest BCUT2D eigenvalue weighted by molar-refractivity contribution is 7.18. The molecular formula is C24H29F3N8O3S. The van der Waals surface area contributed by atoms with E-state index in [4.69, 9.17) is 14.7 Å². The van der Waals surface area contributed by atoms with Crippen LogP contribution in [0.5, 0.6) is 0 Å². The zero-order chi connectivity index (χ0) is 28.1. The zero-order valence-corrected chi connectivity index (χ0v) is 22.8. The second-order valence-corrected chi connectivity index (χ2v) is 11.7. The Morgan fingerprint density at radius 1 is 1.15 bits per heavy atom. The second-order valence-electron chi connectivity index (χ2n) is 10.6. The van der Waals surface area contributed by atoms with E-state index < -0.39 is 29.7 Å². The molecule has 3 aromatic heterocycles. The number of carbonyl (C=O) groups excluding carboxylic acids is 2. The van der Waals surface area contributed by atoms with Crippen molar-refractivity contribution in [3.05, 3.63) is 22.6 Å². The molecule has 5 heterocycles. The third-order valence-electron chi connectivity index (χ3n) is 6.33. The summed E-state index contributed by atoms with van der Waals surface area (Å²) in [7, 11) is 0. The van der Waals surface area contributed by atoms with Crippen LogP contribution in [0.15, 0.2) is 6.07 Å². The molecule has 0 radical (unpaired) electrons. The van der Waals surface area contributed by atoms with Crippen molar-refractivity contribution in [1.29, 1.82) is 0 Å². The molecule has 11 nitrogen and oxygen atoms in total. The minimum Gasteiger partial charge on any atom is -0.444 e. The molecule has 0 saturated carbocycles. The summed E-state index contributed by atoms with van der Waals surface area (Å²) in [6.45, 7) is 7.86. The van der Waals surface area contributed by atoms with Gasteiger partial charge in [-0.05, 0) is 33.3 Å². The van der Waals surface area contributed by atoms with E-state index >= 15 is 0 Å². The fourth-order valence-electron chi connectivity index (χ4n) is 4.66. The lowest BCUT2D eigenvalue weighted by atomic mass is 10.2. The van der Waals surface area contributed by atoms with Crippen LogP contribution in [-0.4, -0.2) is 67.9 Å². The molecule has 210 valence electrons. The van der Waals surface area contributed by atoms with Crippen LogP contribution in [0.4, 0.5) is 29.7 Å². The first-order valence-corrected chi connectivity index (χ1v) is 13.5. The van der Waals surface area contributed by atoms with Crippen molar-refractivity contribution in [2.24, 2.45) is 0 Å². The number of hydrogen-bond donors (Lipinski definition) is 1. The zero-order valence-electron chi connectivity index (χ0n) is 22.0. The maximum atomic E-state index is 13.3. The van der Waals surface area contributed by atoms with Crippen LogP contribution in [0.2, 0.25) is 0 Å². The van der Waals surface area contributed by atoms with Crippen LogP contribution in [0, 0.1) is 0 Å². The highest BCUT2D eigenvalue weighted by Crippen LogP contribution is 2.36. The number of nitrogens with zero attached hydrogens (tertiary/aromatic N) is 7. The van der Waals surface area contributed by atoms with E-state index in [1.54, 1.807) is 25.7 Å². The summed E-state index contributed by atoms with van der Waals surface area (Å²) in [5.41, 5.74) is -0.705. The highest BCUT2D eigenvalue weighted by atomic mass is 32.1. The number of ether oxygens (including phenoxy) is 1. The van der Waals surface area contributed by atoms with E-state index in [1.165, 1.54) is 11.3 Å². The first-order chi connectivity index (χ1) is 18.3. The van der Waals surface area contributed by atoms with Crippen LogP contribution in [0.1, 0.15) is 50.6 Å². The summed E-state index contributed by atoms with van der Waals surface area (Å²) in [5.74, 6) is -0.135. The Morgan fingerprint density at radius 2 is 1.92 bits per heavy atom. The van der Waals surface area contributed by atoms with Crippen molar-refractivity contribution in [3.63, 3.8) is 0 Å². The molecule has 39 heavy (non-hydrogen) atoms. The standard InChI is InChI=1S/C24H29F3N8O3S/c1-5-6-13-9-14-18(33-7-8-35-17(12-33)31-32-20(35)24(25,26)27)29-21(30-19(14)39-13)34-10-15(16(36)11-34)28-22(37)38-23(2,3)4/h9,15H,5-8,10-12H2,1-4H3,(H,28,37). The number of Topliss-reactive ketones (excluding diaryl/α,β-unsaturated/α-hetero) is 1. The molecule has 3 aromatic rings. The molecule has 0 aliphatic carbocycles. The first-order valence-electron chi connectivity index (χ1n) is 12.6. The molecule has 1 N–H and O–H groups in total. The minimum absolute atomic E-state index is 0.00186. The Hall–Kier alpha value is -3.49. The Kier molecular flexibility index (Phi) is 6.89. The molecule has 2 aliphatic rings. The van der Waals surface area contributed by atoms with Crippen molar-refractivity contribution in [2.45, 2.75) is 71.4 Å². The van der Waals surface area contributed by atoms with Gasteiger partial charge in [0.1, 0.15) is 22.3 Å². The van der Waals surface area contributed by atoms with Crippen molar-refractivity contribution in [3.8, 4) is 0 Å². The number of nitrogens with one attached hydrogen (secondary N) is 1. The van der Waals surface area contributed by atoms with E-state index in [2.05, 4.69) is 22.4 Å². The smallest absolute Gasteiger partial charge is 0.444 e. The third kappa shape index (κ3) is 5.63. The third-order valence-corrected chi connectivity index (χ3v) is 7.42. The summed E-state index contributed by atoms with van der Waals surface area (Å²) in [5, 5.41) is 10.6. The van der Waals surface area contributed by atoms with Crippen molar-refractivity contribution < 1.29 is 27.5 Å². The maximum Gasteiger partial charge on any atom is 0.451 e. The van der Waals surface area contributed by atoms with Gasteiger partial charge in [-0.15, -0.1) is 21.5 Å². The van der Waals surface area contributed by atoms with Crippen LogP contribution in [-0.2, 0) is 35.2 Å². The fraction of sp³-hybridized carbons (Fsp3) is 0.583. The number of hydrogen-bond acceptors (Lipinski definition) is 10. The lowest BCUT2D eigenvalue weighted by Crippen LogP contribution is -2.43. The molecule has 1 saturated heterocycles. The number of aryl methyl sites for hydroxylation is 1. The predicted octanol–water partition coefficient (Wildman–Crippen LogP) is 3.56. The largest absolute Gasteiger partial charge is 0.451 e. The van der Waals surface area contributed by atoms with Gasteiger partial charge in [-0.2, -0.15) is 18.2 Å².